The number of ether oxygens (including phenoxy) is 1. The van der Waals surface area contributed by atoms with Crippen LogP contribution in [0.2, 0.25) is 0 Å². The van der Waals surface area contributed by atoms with Gasteiger partial charge in [0, 0.05) is 12.0 Å². The molecule has 0 atom stereocenters. The molecule has 0 aliphatic carbocycles. The van der Waals surface area contributed by atoms with Crippen molar-refractivity contribution in [3.05, 3.63) is 22.5 Å². The van der Waals surface area contributed by atoms with Gasteiger partial charge in [-0.2, -0.15) is 0 Å². The minimum atomic E-state index is -0.495. The number of nitrogens with one attached hydrogen (secondary N) is 1. The second-order valence-corrected chi connectivity index (χ2v) is 4.18. The highest BCUT2D eigenvalue weighted by Crippen LogP contribution is 2.20. The number of H-pyrrole nitrogens is 1. The average Bonchev–Trinajstić information content (AvgIpc) is 2.77. The lowest BCUT2D eigenvalue weighted by Gasteiger charge is -2.02. The molecule has 1 heterocycles. The maximum Gasteiger partial charge on any atom is 0.340 e. The molecule has 0 saturated carbocycles. The number of hydrogen-bond donors (Lipinski definition) is 1. The minimum Gasteiger partial charge on any atom is -0.465 e. The van der Waals surface area contributed by atoms with E-state index in [1.54, 1.807) is 0 Å². The van der Waals surface area contributed by atoms with Crippen molar-refractivity contribution in [3.63, 3.8) is 0 Å². The predicted octanol–water partition coefficient (Wildman–Crippen LogP) is 2.72. The zero-order chi connectivity index (χ0) is 14.3. The number of methoxy groups -OCH3 is 1. The van der Waals surface area contributed by atoms with Crippen molar-refractivity contribution in [2.24, 2.45) is 0 Å². The van der Waals surface area contributed by atoms with Gasteiger partial charge in [0.05, 0.1) is 24.1 Å². The van der Waals surface area contributed by atoms with Crippen molar-refractivity contribution in [1.82, 2.24) is 4.98 Å². The van der Waals surface area contributed by atoms with Crippen molar-refractivity contribution in [2.45, 2.75) is 39.5 Å². The summed E-state index contributed by atoms with van der Waals surface area (Å²) in [4.78, 5) is 25.8. The number of rotatable bonds is 5. The molecule has 0 unspecified atom stereocenters. The van der Waals surface area contributed by atoms with Gasteiger partial charge in [0.15, 0.2) is 6.29 Å². The van der Waals surface area contributed by atoms with E-state index in [9.17, 15) is 9.59 Å². The van der Waals surface area contributed by atoms with Crippen LogP contribution < -0.4 is 0 Å². The maximum atomic E-state index is 11.8. The normalized spacial score (nSPS) is 9.63. The molecule has 1 aromatic rings. The first kappa shape index (κ1) is 15.0. The summed E-state index contributed by atoms with van der Waals surface area (Å²) < 4.78 is 4.74. The lowest BCUT2D eigenvalue weighted by Crippen LogP contribution is -2.06. The van der Waals surface area contributed by atoms with Crippen molar-refractivity contribution in [3.8, 4) is 11.8 Å². The first-order chi connectivity index (χ1) is 9.19. The van der Waals surface area contributed by atoms with E-state index in [4.69, 9.17) is 4.74 Å². The van der Waals surface area contributed by atoms with Crippen LogP contribution in [-0.2, 0) is 11.2 Å². The molecule has 0 fully saturated rings. The van der Waals surface area contributed by atoms with Crippen LogP contribution in [0, 0.1) is 11.8 Å². The van der Waals surface area contributed by atoms with E-state index in [0.717, 1.165) is 24.8 Å². The molecule has 102 valence electrons. The number of carbonyl (C=O) groups excluding carboxylic acids is 2. The summed E-state index contributed by atoms with van der Waals surface area (Å²) >= 11 is 0. The van der Waals surface area contributed by atoms with Crippen molar-refractivity contribution in [2.75, 3.05) is 7.11 Å². The molecule has 1 N–H and O–H groups in total. The van der Waals surface area contributed by atoms with E-state index in [-0.39, 0.29) is 5.69 Å². The molecule has 0 saturated heterocycles. The van der Waals surface area contributed by atoms with E-state index in [0.29, 0.717) is 24.0 Å². The Morgan fingerprint density at radius 1 is 1.37 bits per heavy atom. The summed E-state index contributed by atoms with van der Waals surface area (Å²) in [5.74, 6) is 5.53. The van der Waals surface area contributed by atoms with Crippen LogP contribution >= 0.6 is 0 Å². The molecule has 0 aliphatic rings. The Kier molecular flexibility index (Phi) is 5.87. The van der Waals surface area contributed by atoms with Crippen LogP contribution in [0.25, 0.3) is 0 Å². The zero-order valence-electron chi connectivity index (χ0n) is 11.6. The zero-order valence-corrected chi connectivity index (χ0v) is 11.6. The van der Waals surface area contributed by atoms with Gasteiger partial charge < -0.3 is 9.72 Å². The highest BCUT2D eigenvalue weighted by atomic mass is 16.5. The van der Waals surface area contributed by atoms with Gasteiger partial charge in [-0.25, -0.2) is 4.79 Å². The molecule has 4 nitrogen and oxygen atoms in total. The van der Waals surface area contributed by atoms with Gasteiger partial charge in [0.1, 0.15) is 0 Å². The maximum absolute atomic E-state index is 11.8. The van der Waals surface area contributed by atoms with E-state index >= 15 is 0 Å². The monoisotopic (exact) mass is 261 g/mol. The van der Waals surface area contributed by atoms with Gasteiger partial charge in [0.25, 0.3) is 0 Å². The fraction of sp³-hybridized carbons (Fsp3) is 0.467. The van der Waals surface area contributed by atoms with Crippen LogP contribution in [0.1, 0.15) is 65.2 Å². The second-order valence-electron chi connectivity index (χ2n) is 4.18. The summed E-state index contributed by atoms with van der Waals surface area (Å²) in [6.45, 7) is 4.06. The van der Waals surface area contributed by atoms with Gasteiger partial charge in [-0.05, 0) is 18.8 Å². The summed E-state index contributed by atoms with van der Waals surface area (Å²) in [6, 6.07) is 0. The molecule has 0 radical (unpaired) electrons. The van der Waals surface area contributed by atoms with Crippen LogP contribution in [0.4, 0.5) is 0 Å². The quantitative estimate of drug-likeness (QED) is 0.503. The molecule has 0 aromatic carbocycles. The van der Waals surface area contributed by atoms with E-state index in [2.05, 4.69) is 16.8 Å². The van der Waals surface area contributed by atoms with Crippen LogP contribution in [0.3, 0.4) is 0 Å². The fourth-order valence-corrected chi connectivity index (χ4v) is 1.87. The molecule has 0 amide bonds. The third kappa shape index (κ3) is 3.47. The van der Waals surface area contributed by atoms with E-state index < -0.39 is 5.97 Å². The van der Waals surface area contributed by atoms with Gasteiger partial charge in [-0.1, -0.05) is 26.2 Å². The SMILES string of the molecule is CCCC#Cc1[nH]c(C=O)c(C(=O)OC)c1CCC. The summed E-state index contributed by atoms with van der Waals surface area (Å²) in [5, 5.41) is 0. The molecule has 0 aliphatic heterocycles. The molecule has 1 aromatic heterocycles. The number of unbranched alkanes of at least 4 members (excludes halogenated alkanes) is 1. The van der Waals surface area contributed by atoms with Gasteiger partial charge in [-0.3, -0.25) is 4.79 Å². The number of hydrogen-bond acceptors (Lipinski definition) is 3. The van der Waals surface area contributed by atoms with Gasteiger partial charge in [-0.15, -0.1) is 0 Å². The van der Waals surface area contributed by atoms with Gasteiger partial charge in [0.2, 0.25) is 0 Å². The molecule has 19 heavy (non-hydrogen) atoms. The molecule has 0 spiro atoms. The minimum absolute atomic E-state index is 0.246. The smallest absolute Gasteiger partial charge is 0.340 e. The first-order valence-electron chi connectivity index (χ1n) is 6.46. The fourth-order valence-electron chi connectivity index (χ4n) is 1.87. The Bertz CT molecular complexity index is 517. The Labute approximate surface area is 113 Å². The Morgan fingerprint density at radius 2 is 2.11 bits per heavy atom. The van der Waals surface area contributed by atoms with Crippen molar-refractivity contribution in [1.29, 1.82) is 0 Å². The lowest BCUT2D eigenvalue weighted by atomic mass is 10.0. The number of aromatic nitrogens is 1. The third-order valence-electron chi connectivity index (χ3n) is 2.73. The predicted molar refractivity (Wildman–Crippen MR) is 73.3 cm³/mol. The summed E-state index contributed by atoms with van der Waals surface area (Å²) in [5.41, 5.74) is 1.99. The molecular formula is C15H19NO3. The molecule has 0 bridgehead atoms. The summed E-state index contributed by atoms with van der Waals surface area (Å²) in [7, 11) is 1.31. The molecule has 4 heteroatoms. The number of aldehydes is 1. The van der Waals surface area contributed by atoms with Gasteiger partial charge >= 0.3 is 5.97 Å². The highest BCUT2D eigenvalue weighted by molar-refractivity contribution is 5.99. The first-order valence-corrected chi connectivity index (χ1v) is 6.46. The van der Waals surface area contributed by atoms with Crippen molar-refractivity contribution < 1.29 is 14.3 Å². The number of esters is 1. The lowest BCUT2D eigenvalue weighted by molar-refractivity contribution is 0.0597. The standard InChI is InChI=1S/C15H19NO3/c1-4-6-7-9-12-11(8-5-2)14(15(18)19-3)13(10-17)16-12/h10,16H,4-6,8H2,1-3H3. The third-order valence-corrected chi connectivity index (χ3v) is 2.73. The van der Waals surface area contributed by atoms with Crippen LogP contribution in [-0.4, -0.2) is 24.3 Å². The molecular weight excluding hydrogens is 242 g/mol. The van der Waals surface area contributed by atoms with Crippen LogP contribution in [0.5, 0.6) is 0 Å². The molecule has 1 rings (SSSR count). The largest absolute Gasteiger partial charge is 0.465 e. The highest BCUT2D eigenvalue weighted by Gasteiger charge is 2.22. The van der Waals surface area contributed by atoms with Crippen molar-refractivity contribution >= 4 is 12.3 Å². The second kappa shape index (κ2) is 7.42. The van der Waals surface area contributed by atoms with E-state index in [1.165, 1.54) is 7.11 Å². The Morgan fingerprint density at radius 3 is 2.63 bits per heavy atom. The topological polar surface area (TPSA) is 59.2 Å². The Hall–Kier alpha value is -2.02. The number of aromatic amines is 1. The summed E-state index contributed by atoms with van der Waals surface area (Å²) in [6.07, 6.45) is 3.94. The number of carbonyl (C=O) groups is 2. The van der Waals surface area contributed by atoms with E-state index in [1.807, 2.05) is 13.8 Å². The Balaban J connectivity index is 3.32. The average molecular weight is 261 g/mol. The van der Waals surface area contributed by atoms with Crippen LogP contribution in [0.15, 0.2) is 0 Å².